The highest BCUT2D eigenvalue weighted by atomic mass is 16.5. The molecular weight excluding hydrogens is 382 g/mol. The summed E-state index contributed by atoms with van der Waals surface area (Å²) in [5.74, 6) is 0.0521. The van der Waals surface area contributed by atoms with Gasteiger partial charge < -0.3 is 19.9 Å². The van der Waals surface area contributed by atoms with Gasteiger partial charge in [0.25, 0.3) is 11.5 Å². The normalized spacial score (nSPS) is 10.3. The minimum absolute atomic E-state index is 0.123. The van der Waals surface area contributed by atoms with Crippen LogP contribution in [-0.4, -0.2) is 23.5 Å². The second-order valence-corrected chi connectivity index (χ2v) is 6.72. The molecule has 1 aromatic heterocycles. The van der Waals surface area contributed by atoms with Crippen molar-refractivity contribution < 1.29 is 14.3 Å². The monoisotopic (exact) mass is 405 g/mol. The molecule has 0 aliphatic rings. The van der Waals surface area contributed by atoms with Gasteiger partial charge in [0, 0.05) is 17.8 Å². The Morgan fingerprint density at radius 1 is 0.967 bits per heavy atom. The van der Waals surface area contributed by atoms with Gasteiger partial charge in [0.05, 0.1) is 7.11 Å². The Bertz CT molecular complexity index is 1090. The average molecular weight is 405 g/mol. The topological polar surface area (TPSA) is 89.4 Å². The first-order valence-corrected chi connectivity index (χ1v) is 9.44. The van der Waals surface area contributed by atoms with Crippen LogP contribution in [0, 0.1) is 6.92 Å². The third kappa shape index (κ3) is 5.14. The van der Waals surface area contributed by atoms with E-state index >= 15 is 0 Å². The van der Waals surface area contributed by atoms with Crippen LogP contribution in [0.4, 0.5) is 5.69 Å². The summed E-state index contributed by atoms with van der Waals surface area (Å²) in [6.45, 7) is 1.93. The lowest BCUT2D eigenvalue weighted by molar-refractivity contribution is -0.121. The SMILES string of the molecule is COc1ccc(CNC(=O)Cn2c(C)ccc(NC(=O)c3ccccc3)c2=O)cc1. The van der Waals surface area contributed by atoms with Crippen molar-refractivity contribution in [2.24, 2.45) is 0 Å². The van der Waals surface area contributed by atoms with E-state index in [2.05, 4.69) is 10.6 Å². The minimum atomic E-state index is -0.432. The number of nitrogens with one attached hydrogen (secondary N) is 2. The third-order valence-corrected chi connectivity index (χ3v) is 4.63. The summed E-state index contributed by atoms with van der Waals surface area (Å²) in [4.78, 5) is 37.5. The Kier molecular flexibility index (Phi) is 6.64. The lowest BCUT2D eigenvalue weighted by Crippen LogP contribution is -2.34. The van der Waals surface area contributed by atoms with E-state index in [0.717, 1.165) is 11.3 Å². The summed E-state index contributed by atoms with van der Waals surface area (Å²) in [5.41, 5.74) is 1.67. The number of carbonyl (C=O) groups is 2. The molecule has 0 saturated carbocycles. The first-order chi connectivity index (χ1) is 14.5. The van der Waals surface area contributed by atoms with Gasteiger partial charge in [-0.15, -0.1) is 0 Å². The quantitative estimate of drug-likeness (QED) is 0.633. The number of methoxy groups -OCH3 is 1. The summed E-state index contributed by atoms with van der Waals surface area (Å²) < 4.78 is 6.45. The fourth-order valence-corrected chi connectivity index (χ4v) is 2.89. The van der Waals surface area contributed by atoms with Gasteiger partial charge in [0.2, 0.25) is 5.91 Å². The van der Waals surface area contributed by atoms with Gasteiger partial charge in [0.1, 0.15) is 18.0 Å². The summed E-state index contributed by atoms with van der Waals surface area (Å²) in [7, 11) is 1.59. The van der Waals surface area contributed by atoms with Crippen molar-refractivity contribution in [1.82, 2.24) is 9.88 Å². The van der Waals surface area contributed by atoms with Crippen LogP contribution in [0.3, 0.4) is 0 Å². The Hall–Kier alpha value is -3.87. The number of rotatable bonds is 7. The number of carbonyl (C=O) groups excluding carboxylic acids is 2. The van der Waals surface area contributed by atoms with Crippen molar-refractivity contribution in [3.63, 3.8) is 0 Å². The maximum Gasteiger partial charge on any atom is 0.274 e. The molecule has 0 atom stereocenters. The highest BCUT2D eigenvalue weighted by molar-refractivity contribution is 6.04. The van der Waals surface area contributed by atoms with E-state index in [1.807, 2.05) is 24.3 Å². The minimum Gasteiger partial charge on any atom is -0.497 e. The number of hydrogen-bond donors (Lipinski definition) is 2. The third-order valence-electron chi connectivity index (χ3n) is 4.63. The van der Waals surface area contributed by atoms with E-state index in [9.17, 15) is 14.4 Å². The Labute approximate surface area is 174 Å². The number of hydrogen-bond acceptors (Lipinski definition) is 4. The largest absolute Gasteiger partial charge is 0.497 e. The van der Waals surface area contributed by atoms with Crippen molar-refractivity contribution in [3.8, 4) is 5.75 Å². The Morgan fingerprint density at radius 2 is 1.67 bits per heavy atom. The summed E-state index contributed by atoms with van der Waals surface area (Å²) >= 11 is 0. The molecule has 2 aromatic carbocycles. The van der Waals surface area contributed by atoms with Gasteiger partial charge in [-0.05, 0) is 48.9 Å². The van der Waals surface area contributed by atoms with E-state index in [1.165, 1.54) is 4.57 Å². The van der Waals surface area contributed by atoms with Crippen LogP contribution in [0.25, 0.3) is 0 Å². The molecule has 0 aliphatic carbocycles. The molecule has 0 saturated heterocycles. The van der Waals surface area contributed by atoms with Gasteiger partial charge in [0.15, 0.2) is 0 Å². The van der Waals surface area contributed by atoms with Crippen molar-refractivity contribution in [2.45, 2.75) is 20.0 Å². The molecule has 0 bridgehead atoms. The molecule has 3 aromatic rings. The van der Waals surface area contributed by atoms with Crippen LogP contribution in [0.1, 0.15) is 21.6 Å². The molecule has 154 valence electrons. The number of aromatic nitrogens is 1. The first kappa shape index (κ1) is 20.9. The fourth-order valence-electron chi connectivity index (χ4n) is 2.89. The molecule has 0 unspecified atom stereocenters. The van der Waals surface area contributed by atoms with Crippen LogP contribution in [0.15, 0.2) is 71.5 Å². The van der Waals surface area contributed by atoms with Crippen LogP contribution < -0.4 is 20.9 Å². The lowest BCUT2D eigenvalue weighted by Gasteiger charge is -2.13. The zero-order valence-electron chi connectivity index (χ0n) is 16.8. The molecule has 3 rings (SSSR count). The molecular formula is C23H23N3O4. The lowest BCUT2D eigenvalue weighted by atomic mass is 10.2. The number of aryl methyl sites for hydroxylation is 1. The predicted octanol–water partition coefficient (Wildman–Crippen LogP) is 2.73. The van der Waals surface area contributed by atoms with E-state index in [1.54, 1.807) is 56.5 Å². The van der Waals surface area contributed by atoms with E-state index in [0.29, 0.717) is 17.8 Å². The molecule has 2 N–H and O–H groups in total. The molecule has 1 heterocycles. The standard InChI is InChI=1S/C23H23N3O4/c1-16-8-13-20(25-22(28)18-6-4-3-5-7-18)23(29)26(16)15-21(27)24-14-17-9-11-19(30-2)12-10-17/h3-13H,14-15H2,1-2H3,(H,24,27)(H,25,28). The number of pyridine rings is 1. The molecule has 2 amide bonds. The average Bonchev–Trinajstić information content (AvgIpc) is 2.78. The zero-order valence-corrected chi connectivity index (χ0v) is 16.8. The molecule has 0 radical (unpaired) electrons. The number of ether oxygens (including phenoxy) is 1. The van der Waals surface area contributed by atoms with Crippen LogP contribution >= 0.6 is 0 Å². The van der Waals surface area contributed by atoms with E-state index < -0.39 is 5.56 Å². The molecule has 0 spiro atoms. The number of amides is 2. The van der Waals surface area contributed by atoms with Crippen molar-refractivity contribution in [3.05, 3.63) is 93.9 Å². The van der Waals surface area contributed by atoms with E-state index in [-0.39, 0.29) is 24.0 Å². The Morgan fingerprint density at radius 3 is 2.33 bits per heavy atom. The second kappa shape index (κ2) is 9.56. The van der Waals surface area contributed by atoms with Crippen LogP contribution in [0.5, 0.6) is 5.75 Å². The number of nitrogens with zero attached hydrogens (tertiary/aromatic N) is 1. The number of benzene rings is 2. The highest BCUT2D eigenvalue weighted by Crippen LogP contribution is 2.11. The predicted molar refractivity (Wildman–Crippen MR) is 115 cm³/mol. The molecule has 0 fully saturated rings. The van der Waals surface area contributed by atoms with E-state index in [4.69, 9.17) is 4.74 Å². The molecule has 7 nitrogen and oxygen atoms in total. The van der Waals surface area contributed by atoms with Gasteiger partial charge in [-0.1, -0.05) is 30.3 Å². The van der Waals surface area contributed by atoms with Gasteiger partial charge in [-0.3, -0.25) is 14.4 Å². The summed E-state index contributed by atoms with van der Waals surface area (Å²) in [6.07, 6.45) is 0. The summed E-state index contributed by atoms with van der Waals surface area (Å²) in [6, 6.07) is 19.2. The second-order valence-electron chi connectivity index (χ2n) is 6.72. The summed E-state index contributed by atoms with van der Waals surface area (Å²) in [5, 5.41) is 5.42. The molecule has 0 aliphatic heterocycles. The van der Waals surface area contributed by atoms with Crippen molar-refractivity contribution >= 4 is 17.5 Å². The fraction of sp³-hybridized carbons (Fsp3) is 0.174. The van der Waals surface area contributed by atoms with Crippen molar-refractivity contribution in [2.75, 3.05) is 12.4 Å². The molecule has 30 heavy (non-hydrogen) atoms. The van der Waals surface area contributed by atoms with Gasteiger partial charge >= 0.3 is 0 Å². The van der Waals surface area contributed by atoms with Gasteiger partial charge in [-0.2, -0.15) is 0 Å². The smallest absolute Gasteiger partial charge is 0.274 e. The Balaban J connectivity index is 1.67. The first-order valence-electron chi connectivity index (χ1n) is 9.44. The molecule has 7 heteroatoms. The van der Waals surface area contributed by atoms with Crippen LogP contribution in [0.2, 0.25) is 0 Å². The maximum absolute atomic E-state index is 12.8. The maximum atomic E-state index is 12.8. The zero-order chi connectivity index (χ0) is 21.5. The van der Waals surface area contributed by atoms with Crippen molar-refractivity contribution in [1.29, 1.82) is 0 Å². The number of anilines is 1. The highest BCUT2D eigenvalue weighted by Gasteiger charge is 2.13. The van der Waals surface area contributed by atoms with Gasteiger partial charge in [-0.25, -0.2) is 0 Å². The van der Waals surface area contributed by atoms with Crippen LogP contribution in [-0.2, 0) is 17.9 Å².